The maximum absolute atomic E-state index is 12.4. The van der Waals surface area contributed by atoms with Crippen LogP contribution in [0.3, 0.4) is 0 Å². The van der Waals surface area contributed by atoms with Gasteiger partial charge in [-0.25, -0.2) is 4.68 Å². The van der Waals surface area contributed by atoms with Crippen LogP contribution in [-0.4, -0.2) is 28.5 Å². The molecule has 2 N–H and O–H groups in total. The summed E-state index contributed by atoms with van der Waals surface area (Å²) in [4.78, 5) is 36.8. The van der Waals surface area contributed by atoms with Crippen LogP contribution in [0.4, 0.5) is 18.9 Å². The highest BCUT2D eigenvalue weighted by molar-refractivity contribution is 6.31. The Balaban J connectivity index is 1.73. The number of halogens is 4. The molecule has 0 aliphatic heterocycles. The topological polar surface area (TPSA) is 93.2 Å². The van der Waals surface area contributed by atoms with E-state index in [1.165, 1.54) is 30.3 Å². The predicted octanol–water partition coefficient (Wildman–Crippen LogP) is 3.31. The molecule has 0 aliphatic rings. The van der Waals surface area contributed by atoms with Crippen molar-refractivity contribution >= 4 is 34.0 Å². The monoisotopic (exact) mass is 441 g/mol. The second kappa shape index (κ2) is 8.62. The number of benzene rings is 2. The maximum atomic E-state index is 12.4. The van der Waals surface area contributed by atoms with E-state index in [1.807, 2.05) is 0 Å². The highest BCUT2D eigenvalue weighted by Crippen LogP contribution is 2.29. The van der Waals surface area contributed by atoms with Crippen molar-refractivity contribution in [3.05, 3.63) is 68.2 Å². The van der Waals surface area contributed by atoms with Crippen molar-refractivity contribution in [1.82, 2.24) is 9.78 Å². The number of anilines is 1. The molecule has 1 amide bonds. The van der Waals surface area contributed by atoms with Crippen LogP contribution in [0.1, 0.15) is 6.42 Å². The third-order valence-corrected chi connectivity index (χ3v) is 4.29. The number of H-pyrrole nitrogens is 1. The molecule has 0 saturated carbocycles. The van der Waals surface area contributed by atoms with Gasteiger partial charge in [0.2, 0.25) is 5.91 Å². The van der Waals surface area contributed by atoms with Gasteiger partial charge >= 0.3 is 6.18 Å². The fourth-order valence-electron chi connectivity index (χ4n) is 2.72. The number of aromatic nitrogens is 2. The minimum atomic E-state index is -4.55. The maximum Gasteiger partial charge on any atom is 0.422 e. The number of carbonyl (C=O) groups is 1. The summed E-state index contributed by atoms with van der Waals surface area (Å²) in [5.41, 5.74) is -1.01. The average molecular weight is 442 g/mol. The van der Waals surface area contributed by atoms with E-state index in [9.17, 15) is 27.6 Å². The van der Waals surface area contributed by atoms with Gasteiger partial charge in [0.25, 0.3) is 11.1 Å². The molecular formula is C19H15ClF3N3O4. The van der Waals surface area contributed by atoms with E-state index >= 15 is 0 Å². The molecule has 0 spiro atoms. The van der Waals surface area contributed by atoms with E-state index in [1.54, 1.807) is 12.1 Å². The Morgan fingerprint density at radius 1 is 1.13 bits per heavy atom. The molecule has 11 heteroatoms. The smallest absolute Gasteiger partial charge is 0.422 e. The second-order valence-corrected chi connectivity index (χ2v) is 6.72. The summed E-state index contributed by atoms with van der Waals surface area (Å²) in [5.74, 6) is -0.823. The first kappa shape index (κ1) is 21.4. The van der Waals surface area contributed by atoms with E-state index in [4.69, 9.17) is 16.3 Å². The zero-order chi connectivity index (χ0) is 21.9. The Hall–Kier alpha value is -3.27. The third kappa shape index (κ3) is 5.20. The highest BCUT2D eigenvalue weighted by Gasteiger charge is 2.29. The first-order valence-electron chi connectivity index (χ1n) is 8.65. The molecule has 7 nitrogen and oxygen atoms in total. The lowest BCUT2D eigenvalue weighted by atomic mass is 10.2. The van der Waals surface area contributed by atoms with Crippen LogP contribution in [-0.2, 0) is 11.3 Å². The molecule has 1 aromatic heterocycles. The van der Waals surface area contributed by atoms with Crippen molar-refractivity contribution in [1.29, 1.82) is 0 Å². The summed E-state index contributed by atoms with van der Waals surface area (Å²) in [7, 11) is 0. The lowest BCUT2D eigenvalue weighted by molar-refractivity contribution is -0.153. The molecule has 1 heterocycles. The largest absolute Gasteiger partial charge is 0.482 e. The molecule has 0 fully saturated rings. The average Bonchev–Trinajstić information content (AvgIpc) is 2.68. The number of amides is 1. The van der Waals surface area contributed by atoms with Gasteiger partial charge in [-0.05, 0) is 30.3 Å². The van der Waals surface area contributed by atoms with Crippen LogP contribution in [0.25, 0.3) is 10.8 Å². The number of hydrogen-bond donors (Lipinski definition) is 2. The summed E-state index contributed by atoms with van der Waals surface area (Å²) in [5, 5.41) is 5.42. The summed E-state index contributed by atoms with van der Waals surface area (Å²) in [6.45, 7) is -1.69. The lowest BCUT2D eigenvalue weighted by Gasteiger charge is -2.14. The number of alkyl halides is 3. The number of hydrogen-bond acceptors (Lipinski definition) is 4. The Kier molecular flexibility index (Phi) is 6.16. The van der Waals surface area contributed by atoms with Gasteiger partial charge in [0.15, 0.2) is 6.61 Å². The Morgan fingerprint density at radius 2 is 1.83 bits per heavy atom. The quantitative estimate of drug-likeness (QED) is 0.613. The molecule has 0 saturated heterocycles. The zero-order valence-electron chi connectivity index (χ0n) is 15.3. The lowest BCUT2D eigenvalue weighted by Crippen LogP contribution is -2.31. The number of nitrogens with zero attached hydrogens (tertiary/aromatic N) is 1. The van der Waals surface area contributed by atoms with Crippen LogP contribution in [0, 0.1) is 0 Å². The van der Waals surface area contributed by atoms with Gasteiger partial charge in [-0.1, -0.05) is 23.7 Å². The molecular weight excluding hydrogens is 427 g/mol. The van der Waals surface area contributed by atoms with E-state index in [-0.39, 0.29) is 40.2 Å². The first-order valence-corrected chi connectivity index (χ1v) is 9.02. The first-order chi connectivity index (χ1) is 14.1. The molecule has 2 aromatic carbocycles. The number of aryl methyl sites for hydroxylation is 1. The van der Waals surface area contributed by atoms with Crippen molar-refractivity contribution < 1.29 is 22.7 Å². The minimum absolute atomic E-state index is 0.0453. The molecule has 3 aromatic rings. The van der Waals surface area contributed by atoms with Gasteiger partial charge in [0.05, 0.1) is 23.0 Å². The molecule has 0 atom stereocenters. The van der Waals surface area contributed by atoms with Crippen LogP contribution in [0.15, 0.2) is 52.1 Å². The number of rotatable bonds is 6. The zero-order valence-corrected chi connectivity index (χ0v) is 16.0. The molecule has 0 bridgehead atoms. The summed E-state index contributed by atoms with van der Waals surface area (Å²) in [6.07, 6.45) is -4.79. The van der Waals surface area contributed by atoms with Crippen molar-refractivity contribution in [2.45, 2.75) is 19.1 Å². The predicted molar refractivity (Wildman–Crippen MR) is 105 cm³/mol. The van der Waals surface area contributed by atoms with Crippen molar-refractivity contribution in [2.24, 2.45) is 0 Å². The van der Waals surface area contributed by atoms with Gasteiger partial charge in [0, 0.05) is 11.4 Å². The number of carbonyl (C=O) groups excluding carboxylic acids is 1. The minimum Gasteiger partial charge on any atom is -0.482 e. The third-order valence-electron chi connectivity index (χ3n) is 4.05. The molecule has 0 radical (unpaired) electrons. The van der Waals surface area contributed by atoms with Gasteiger partial charge in [-0.2, -0.15) is 13.2 Å². The van der Waals surface area contributed by atoms with Gasteiger partial charge in [0.1, 0.15) is 5.75 Å². The fourth-order valence-corrected chi connectivity index (χ4v) is 2.89. The van der Waals surface area contributed by atoms with E-state index in [0.717, 1.165) is 4.68 Å². The summed E-state index contributed by atoms with van der Waals surface area (Å²) in [6, 6.07) is 10.0. The van der Waals surface area contributed by atoms with Crippen molar-refractivity contribution in [2.75, 3.05) is 11.9 Å². The molecule has 3 rings (SSSR count). The number of ether oxygens (including phenoxy) is 1. The van der Waals surface area contributed by atoms with Crippen LogP contribution < -0.4 is 21.2 Å². The van der Waals surface area contributed by atoms with Gasteiger partial charge in [-0.15, -0.1) is 0 Å². The number of fused-ring (bicyclic) bond motifs is 1. The highest BCUT2D eigenvalue weighted by atomic mass is 35.5. The standard InChI is InChI=1S/C19H15ClF3N3O4/c20-11-5-6-15(30-10-19(21,22)23)14(9-11)24-16(27)7-8-26-18(29)13-4-2-1-3-12(13)17(28)25-26/h1-6,9H,7-8,10H2,(H,24,27)(H,25,28). The van der Waals surface area contributed by atoms with Crippen LogP contribution in [0.2, 0.25) is 5.02 Å². The number of nitrogens with one attached hydrogen (secondary N) is 2. The summed E-state index contributed by atoms with van der Waals surface area (Å²) >= 11 is 5.84. The van der Waals surface area contributed by atoms with E-state index < -0.39 is 29.8 Å². The molecule has 0 unspecified atom stereocenters. The SMILES string of the molecule is O=C(CCn1[nH]c(=O)c2ccccc2c1=O)Nc1cc(Cl)ccc1OCC(F)(F)F. The Morgan fingerprint density at radius 3 is 2.53 bits per heavy atom. The van der Waals surface area contributed by atoms with E-state index in [2.05, 4.69) is 10.4 Å². The molecule has 30 heavy (non-hydrogen) atoms. The van der Waals surface area contributed by atoms with Gasteiger partial charge < -0.3 is 10.1 Å². The Bertz CT molecular complexity index is 1200. The van der Waals surface area contributed by atoms with Gasteiger partial charge in [-0.3, -0.25) is 19.5 Å². The van der Waals surface area contributed by atoms with E-state index in [0.29, 0.717) is 0 Å². The second-order valence-electron chi connectivity index (χ2n) is 6.29. The summed E-state index contributed by atoms with van der Waals surface area (Å²) < 4.78 is 42.9. The fraction of sp³-hybridized carbons (Fsp3) is 0.211. The van der Waals surface area contributed by atoms with Crippen LogP contribution in [0.5, 0.6) is 5.75 Å². The Labute approximate surface area is 172 Å². The molecule has 0 aliphatic carbocycles. The normalized spacial score (nSPS) is 11.5. The van der Waals surface area contributed by atoms with Crippen LogP contribution >= 0.6 is 11.6 Å². The molecule has 158 valence electrons. The van der Waals surface area contributed by atoms with Crippen molar-refractivity contribution in [3.63, 3.8) is 0 Å². The van der Waals surface area contributed by atoms with Crippen molar-refractivity contribution in [3.8, 4) is 5.75 Å². The number of aromatic amines is 1.